The van der Waals surface area contributed by atoms with Gasteiger partial charge in [0.15, 0.2) is 17.5 Å². The van der Waals surface area contributed by atoms with E-state index in [0.29, 0.717) is 17.5 Å². The van der Waals surface area contributed by atoms with Gasteiger partial charge in [-0.3, -0.25) is 0 Å². The van der Waals surface area contributed by atoms with Crippen LogP contribution in [0.2, 0.25) is 0 Å². The van der Waals surface area contributed by atoms with Gasteiger partial charge in [0.05, 0.1) is 11.4 Å². The molecule has 2 heterocycles. The van der Waals surface area contributed by atoms with Gasteiger partial charge in [-0.1, -0.05) is 170 Å². The van der Waals surface area contributed by atoms with Crippen LogP contribution in [0.5, 0.6) is 0 Å². The van der Waals surface area contributed by atoms with Crippen molar-refractivity contribution in [3.63, 3.8) is 0 Å². The van der Waals surface area contributed by atoms with Crippen LogP contribution < -0.4 is 0 Å². The Labute approximate surface area is 302 Å². The van der Waals surface area contributed by atoms with Crippen LogP contribution in [0.3, 0.4) is 0 Å². The second-order valence-corrected chi connectivity index (χ2v) is 12.8. The van der Waals surface area contributed by atoms with Crippen molar-refractivity contribution < 1.29 is 0 Å². The summed E-state index contributed by atoms with van der Waals surface area (Å²) < 4.78 is 0. The van der Waals surface area contributed by atoms with Gasteiger partial charge in [-0.2, -0.15) is 0 Å². The smallest absolute Gasteiger partial charge is 0.164 e. The lowest BCUT2D eigenvalue weighted by molar-refractivity contribution is 1.07. The van der Waals surface area contributed by atoms with Crippen LogP contribution in [0.1, 0.15) is 0 Å². The summed E-state index contributed by atoms with van der Waals surface area (Å²) in [4.78, 5) is 19.9. The largest absolute Gasteiger partial charge is 0.248 e. The van der Waals surface area contributed by atoms with E-state index >= 15 is 0 Å². The number of nitrogens with zero attached hydrogens (tertiary/aromatic N) is 4. The van der Waals surface area contributed by atoms with E-state index in [9.17, 15) is 0 Å². The molecular formula is C48H32N4. The Morgan fingerprint density at radius 2 is 0.654 bits per heavy atom. The van der Waals surface area contributed by atoms with Crippen molar-refractivity contribution in [3.8, 4) is 78.9 Å². The Balaban J connectivity index is 1.08. The minimum atomic E-state index is 0.637. The average molecular weight is 665 g/mol. The molecule has 4 nitrogen and oxygen atoms in total. The van der Waals surface area contributed by atoms with E-state index < -0.39 is 0 Å². The summed E-state index contributed by atoms with van der Waals surface area (Å²) in [5.74, 6) is 1.93. The number of hydrogen-bond donors (Lipinski definition) is 0. The van der Waals surface area contributed by atoms with Gasteiger partial charge in [0.1, 0.15) is 0 Å². The van der Waals surface area contributed by atoms with Crippen molar-refractivity contribution in [2.75, 3.05) is 0 Å². The number of hydrogen-bond acceptors (Lipinski definition) is 4. The second kappa shape index (κ2) is 13.7. The molecule has 0 N–H and O–H groups in total. The fourth-order valence-electron chi connectivity index (χ4n) is 6.58. The van der Waals surface area contributed by atoms with Crippen LogP contribution in [-0.2, 0) is 0 Å². The molecule has 0 aliphatic carbocycles. The number of pyridine rings is 1. The highest BCUT2D eigenvalue weighted by atomic mass is 15.0. The third kappa shape index (κ3) is 6.37. The Kier molecular flexibility index (Phi) is 8.16. The van der Waals surface area contributed by atoms with Gasteiger partial charge in [-0.25, -0.2) is 19.9 Å². The molecule has 0 saturated carbocycles. The normalized spacial score (nSPS) is 11.1. The fraction of sp³-hybridized carbons (Fsp3) is 0. The SMILES string of the molecule is c1ccc(-c2cc(-c3ccc(-c4cccc(-c5nc(-c6ccccc6)nc(-c6ccccc6)n5)c4)cc3)cc(-c3ccc4ccccc4c3)n2)cc1. The lowest BCUT2D eigenvalue weighted by Crippen LogP contribution is -2.00. The molecule has 7 aromatic carbocycles. The van der Waals surface area contributed by atoms with Crippen molar-refractivity contribution >= 4 is 10.8 Å². The summed E-state index contributed by atoms with van der Waals surface area (Å²) in [6.45, 7) is 0. The van der Waals surface area contributed by atoms with Crippen molar-refractivity contribution in [1.82, 2.24) is 19.9 Å². The van der Waals surface area contributed by atoms with Crippen LogP contribution in [-0.4, -0.2) is 19.9 Å². The number of fused-ring (bicyclic) bond motifs is 1. The second-order valence-electron chi connectivity index (χ2n) is 12.8. The molecule has 52 heavy (non-hydrogen) atoms. The standard InChI is InChI=1S/C48H32N4/c1-4-14-36(15-5-1)44-31-43(32-45(49-44)41-28-27-33-13-10-11-20-39(33)29-41)35-25-23-34(24-26-35)40-21-12-22-42(30-40)48-51-46(37-16-6-2-7-17-37)50-47(52-48)38-18-8-3-9-19-38/h1-32H. The Hall–Kier alpha value is -7.04. The first-order valence-electron chi connectivity index (χ1n) is 17.4. The molecular weight excluding hydrogens is 633 g/mol. The summed E-state index contributed by atoms with van der Waals surface area (Å²) >= 11 is 0. The van der Waals surface area contributed by atoms with Crippen molar-refractivity contribution in [1.29, 1.82) is 0 Å². The summed E-state index contributed by atoms with van der Waals surface area (Å²) in [7, 11) is 0. The van der Waals surface area contributed by atoms with Crippen LogP contribution in [0.25, 0.3) is 89.7 Å². The number of rotatable bonds is 7. The first kappa shape index (κ1) is 31.0. The number of aromatic nitrogens is 4. The predicted molar refractivity (Wildman–Crippen MR) is 213 cm³/mol. The van der Waals surface area contributed by atoms with Gasteiger partial charge < -0.3 is 0 Å². The molecule has 0 amide bonds. The molecule has 4 heteroatoms. The van der Waals surface area contributed by atoms with E-state index in [0.717, 1.165) is 61.5 Å². The topological polar surface area (TPSA) is 51.6 Å². The fourth-order valence-corrected chi connectivity index (χ4v) is 6.58. The van der Waals surface area contributed by atoms with Crippen LogP contribution in [0, 0.1) is 0 Å². The van der Waals surface area contributed by atoms with Gasteiger partial charge >= 0.3 is 0 Å². The van der Waals surface area contributed by atoms with Crippen LogP contribution >= 0.6 is 0 Å². The molecule has 0 spiro atoms. The van der Waals surface area contributed by atoms with Crippen molar-refractivity contribution in [2.24, 2.45) is 0 Å². The average Bonchev–Trinajstić information content (AvgIpc) is 3.24. The maximum atomic E-state index is 5.14. The molecule has 0 bridgehead atoms. The molecule has 2 aromatic heterocycles. The van der Waals surface area contributed by atoms with Gasteiger partial charge in [0.2, 0.25) is 0 Å². The highest BCUT2D eigenvalue weighted by Crippen LogP contribution is 2.34. The van der Waals surface area contributed by atoms with Crippen LogP contribution in [0.4, 0.5) is 0 Å². The van der Waals surface area contributed by atoms with Crippen LogP contribution in [0.15, 0.2) is 194 Å². The summed E-state index contributed by atoms with van der Waals surface area (Å²) in [6.07, 6.45) is 0. The maximum Gasteiger partial charge on any atom is 0.164 e. The van der Waals surface area contributed by atoms with E-state index in [1.54, 1.807) is 0 Å². The van der Waals surface area contributed by atoms with Crippen molar-refractivity contribution in [2.45, 2.75) is 0 Å². The van der Waals surface area contributed by atoms with Crippen molar-refractivity contribution in [3.05, 3.63) is 194 Å². The molecule has 9 rings (SSSR count). The minimum Gasteiger partial charge on any atom is -0.248 e. The van der Waals surface area contributed by atoms with Gasteiger partial charge in [0.25, 0.3) is 0 Å². The maximum absolute atomic E-state index is 5.14. The summed E-state index contributed by atoms with van der Waals surface area (Å²) in [5.41, 5.74) is 11.3. The number of benzene rings is 7. The zero-order chi connectivity index (χ0) is 34.7. The Bertz CT molecular complexity index is 2600. The Morgan fingerprint density at radius 1 is 0.212 bits per heavy atom. The van der Waals surface area contributed by atoms with Gasteiger partial charge in [-0.05, 0) is 57.3 Å². The minimum absolute atomic E-state index is 0.637. The first-order valence-corrected chi connectivity index (χ1v) is 17.4. The lowest BCUT2D eigenvalue weighted by atomic mass is 9.96. The molecule has 0 aliphatic heterocycles. The zero-order valence-electron chi connectivity index (χ0n) is 28.3. The van der Waals surface area contributed by atoms with E-state index in [4.69, 9.17) is 19.9 Å². The monoisotopic (exact) mass is 664 g/mol. The lowest BCUT2D eigenvalue weighted by Gasteiger charge is -2.12. The molecule has 9 aromatic rings. The molecule has 244 valence electrons. The molecule has 0 unspecified atom stereocenters. The highest BCUT2D eigenvalue weighted by molar-refractivity contribution is 5.88. The predicted octanol–water partition coefficient (Wildman–Crippen LogP) is 12.1. The van der Waals surface area contributed by atoms with E-state index in [-0.39, 0.29) is 0 Å². The van der Waals surface area contributed by atoms with E-state index in [1.807, 2.05) is 66.7 Å². The van der Waals surface area contributed by atoms with Gasteiger partial charge in [0, 0.05) is 27.8 Å². The third-order valence-corrected chi connectivity index (χ3v) is 9.31. The highest BCUT2D eigenvalue weighted by Gasteiger charge is 2.14. The van der Waals surface area contributed by atoms with E-state index in [2.05, 4.69) is 127 Å². The Morgan fingerprint density at radius 3 is 1.27 bits per heavy atom. The summed E-state index contributed by atoms with van der Waals surface area (Å²) in [6, 6.07) is 67.1. The molecule has 0 aliphatic rings. The third-order valence-electron chi connectivity index (χ3n) is 9.31. The molecule has 0 atom stereocenters. The quantitative estimate of drug-likeness (QED) is 0.170. The zero-order valence-corrected chi connectivity index (χ0v) is 28.3. The molecule has 0 radical (unpaired) electrons. The van der Waals surface area contributed by atoms with E-state index in [1.165, 1.54) is 10.8 Å². The molecule has 0 saturated heterocycles. The summed E-state index contributed by atoms with van der Waals surface area (Å²) in [5, 5.41) is 2.42. The molecule has 0 fully saturated rings. The first-order chi connectivity index (χ1) is 25.7. The van der Waals surface area contributed by atoms with Gasteiger partial charge in [-0.15, -0.1) is 0 Å².